The third kappa shape index (κ3) is 2.32. The Bertz CT molecular complexity index is 901. The quantitative estimate of drug-likeness (QED) is 0.606. The van der Waals surface area contributed by atoms with E-state index in [0.29, 0.717) is 0 Å². The Morgan fingerprint density at radius 2 is 1.00 bits per heavy atom. The fourth-order valence-corrected chi connectivity index (χ4v) is 4.54. The van der Waals surface area contributed by atoms with Gasteiger partial charge in [0.15, 0.2) is 11.2 Å². The third-order valence-electron chi connectivity index (χ3n) is 6.07. The topological polar surface area (TPSA) is 36.9 Å². The number of fused-ring (bicyclic) bond motifs is 2. The number of hydrogen-bond donors (Lipinski definition) is 0. The lowest BCUT2D eigenvalue weighted by atomic mass is 9.66. The molecule has 4 heteroatoms. The van der Waals surface area contributed by atoms with Crippen molar-refractivity contribution in [3.8, 4) is 11.5 Å². The molecule has 1 aliphatic carbocycles. The van der Waals surface area contributed by atoms with Crippen molar-refractivity contribution in [1.29, 1.82) is 0 Å². The highest BCUT2D eigenvalue weighted by Crippen LogP contribution is 2.58. The zero-order valence-electron chi connectivity index (χ0n) is 16.0. The predicted molar refractivity (Wildman–Crippen MR) is 105 cm³/mol. The van der Waals surface area contributed by atoms with Gasteiger partial charge in [-0.15, -0.1) is 0 Å². The molecule has 0 spiro atoms. The van der Waals surface area contributed by atoms with E-state index in [0.717, 1.165) is 46.6 Å². The highest BCUT2D eigenvalue weighted by Gasteiger charge is 2.57. The first-order valence-electron chi connectivity index (χ1n) is 9.48. The van der Waals surface area contributed by atoms with Gasteiger partial charge in [0.2, 0.25) is 0 Å². The maximum Gasteiger partial charge on any atom is 0.154 e. The molecule has 1 fully saturated rings. The standard InChI is InChI=1S/C24H22O4/c1-25-19-11-7-17(8-12-19)23-15-16-24(28-27-23,22-6-4-3-5-21(22)23)18-9-13-20(26-2)14-10-18/h3-14H,15-16H2,1-2H3. The number of hydrogen-bond acceptors (Lipinski definition) is 4. The van der Waals surface area contributed by atoms with E-state index < -0.39 is 11.2 Å². The Hall–Kier alpha value is -2.82. The van der Waals surface area contributed by atoms with Crippen LogP contribution in [-0.2, 0) is 21.0 Å². The molecular weight excluding hydrogens is 352 g/mol. The maximum absolute atomic E-state index is 6.19. The van der Waals surface area contributed by atoms with Crippen molar-refractivity contribution in [3.05, 3.63) is 95.1 Å². The van der Waals surface area contributed by atoms with Gasteiger partial charge in [-0.2, -0.15) is 0 Å². The van der Waals surface area contributed by atoms with E-state index in [1.54, 1.807) is 14.2 Å². The fourth-order valence-electron chi connectivity index (χ4n) is 4.54. The summed E-state index contributed by atoms with van der Waals surface area (Å²) in [4.78, 5) is 12.4. The minimum atomic E-state index is -0.600. The molecule has 3 aliphatic rings. The largest absolute Gasteiger partial charge is 0.497 e. The lowest BCUT2D eigenvalue weighted by Crippen LogP contribution is -2.51. The second-order valence-electron chi connectivity index (χ2n) is 7.32. The van der Waals surface area contributed by atoms with E-state index >= 15 is 0 Å². The summed E-state index contributed by atoms with van der Waals surface area (Å²) >= 11 is 0. The third-order valence-corrected chi connectivity index (χ3v) is 6.07. The molecule has 142 valence electrons. The molecule has 4 nitrogen and oxygen atoms in total. The number of methoxy groups -OCH3 is 2. The zero-order valence-corrected chi connectivity index (χ0v) is 16.0. The summed E-state index contributed by atoms with van der Waals surface area (Å²) in [6.45, 7) is 0. The molecule has 6 rings (SSSR count). The Morgan fingerprint density at radius 1 is 0.607 bits per heavy atom. The van der Waals surface area contributed by atoms with E-state index in [2.05, 4.69) is 48.5 Å². The molecule has 0 N–H and O–H groups in total. The first-order valence-corrected chi connectivity index (χ1v) is 9.48. The predicted octanol–water partition coefficient (Wildman–Crippen LogP) is 4.95. The second kappa shape index (κ2) is 6.36. The molecule has 0 saturated carbocycles. The number of ether oxygens (including phenoxy) is 2. The Balaban J connectivity index is 1.65. The molecule has 3 aromatic rings. The van der Waals surface area contributed by atoms with Gasteiger partial charge in [-0.1, -0.05) is 48.5 Å². The number of rotatable bonds is 4. The van der Waals surface area contributed by atoms with Crippen molar-refractivity contribution in [2.24, 2.45) is 0 Å². The molecule has 0 radical (unpaired) electrons. The first kappa shape index (κ1) is 17.3. The lowest BCUT2D eigenvalue weighted by Gasteiger charge is -2.52. The SMILES string of the molecule is COc1ccc(C23CCC(c4ccc(OC)cc4)(OO2)c2ccccc23)cc1. The van der Waals surface area contributed by atoms with Crippen LogP contribution < -0.4 is 9.47 Å². The van der Waals surface area contributed by atoms with Gasteiger partial charge in [0.05, 0.1) is 14.2 Å². The van der Waals surface area contributed by atoms with Crippen molar-refractivity contribution in [3.63, 3.8) is 0 Å². The molecule has 2 bridgehead atoms. The molecule has 0 aromatic heterocycles. The van der Waals surface area contributed by atoms with Crippen LogP contribution in [0.1, 0.15) is 35.1 Å². The van der Waals surface area contributed by atoms with Crippen molar-refractivity contribution < 1.29 is 19.2 Å². The van der Waals surface area contributed by atoms with Crippen LogP contribution in [0.5, 0.6) is 11.5 Å². The normalized spacial score (nSPS) is 25.2. The molecule has 3 aromatic carbocycles. The maximum atomic E-state index is 6.19. The van der Waals surface area contributed by atoms with Gasteiger partial charge in [-0.25, -0.2) is 9.78 Å². The van der Waals surface area contributed by atoms with Crippen LogP contribution >= 0.6 is 0 Å². The van der Waals surface area contributed by atoms with Crippen molar-refractivity contribution >= 4 is 0 Å². The summed E-state index contributed by atoms with van der Waals surface area (Å²) in [6.07, 6.45) is 1.67. The van der Waals surface area contributed by atoms with Crippen molar-refractivity contribution in [1.82, 2.24) is 0 Å². The fraction of sp³-hybridized carbons (Fsp3) is 0.250. The van der Waals surface area contributed by atoms with Crippen LogP contribution in [0.2, 0.25) is 0 Å². The van der Waals surface area contributed by atoms with Gasteiger partial charge >= 0.3 is 0 Å². The minimum absolute atomic E-state index is 0.600. The Labute approximate surface area is 164 Å². The Morgan fingerprint density at radius 3 is 1.32 bits per heavy atom. The summed E-state index contributed by atoms with van der Waals surface area (Å²) in [7, 11) is 3.35. The highest BCUT2D eigenvalue weighted by atomic mass is 17.2. The van der Waals surface area contributed by atoms with Gasteiger partial charge in [0, 0.05) is 0 Å². The molecular formula is C24H22O4. The zero-order chi connectivity index (χ0) is 19.2. The monoisotopic (exact) mass is 374 g/mol. The molecule has 2 heterocycles. The minimum Gasteiger partial charge on any atom is -0.497 e. The van der Waals surface area contributed by atoms with Gasteiger partial charge in [-0.3, -0.25) is 0 Å². The first-order chi connectivity index (χ1) is 13.7. The summed E-state index contributed by atoms with van der Waals surface area (Å²) in [5.41, 5.74) is 3.27. The molecule has 28 heavy (non-hydrogen) atoms. The summed E-state index contributed by atoms with van der Waals surface area (Å²) in [5.74, 6) is 1.65. The summed E-state index contributed by atoms with van der Waals surface area (Å²) in [5, 5.41) is 0. The van der Waals surface area contributed by atoms with Crippen LogP contribution in [-0.4, -0.2) is 14.2 Å². The van der Waals surface area contributed by atoms with Crippen molar-refractivity contribution in [2.45, 2.75) is 24.0 Å². The van der Waals surface area contributed by atoms with Gasteiger partial charge in [0.1, 0.15) is 11.5 Å². The molecule has 0 amide bonds. The molecule has 2 aliphatic heterocycles. The van der Waals surface area contributed by atoms with Crippen molar-refractivity contribution in [2.75, 3.05) is 14.2 Å². The van der Waals surface area contributed by atoms with E-state index in [9.17, 15) is 0 Å². The lowest BCUT2D eigenvalue weighted by molar-refractivity contribution is -0.443. The highest BCUT2D eigenvalue weighted by molar-refractivity contribution is 5.52. The van der Waals surface area contributed by atoms with Gasteiger partial charge in [-0.05, 0) is 59.4 Å². The average Bonchev–Trinajstić information content (AvgIpc) is 2.80. The van der Waals surface area contributed by atoms with Crippen LogP contribution in [0.15, 0.2) is 72.8 Å². The smallest absolute Gasteiger partial charge is 0.154 e. The van der Waals surface area contributed by atoms with Crippen LogP contribution in [0.25, 0.3) is 0 Å². The second-order valence-corrected chi connectivity index (χ2v) is 7.32. The molecule has 2 unspecified atom stereocenters. The average molecular weight is 374 g/mol. The van der Waals surface area contributed by atoms with E-state index in [-0.39, 0.29) is 0 Å². The molecule has 1 saturated heterocycles. The van der Waals surface area contributed by atoms with E-state index in [4.69, 9.17) is 19.2 Å². The van der Waals surface area contributed by atoms with E-state index in [1.165, 1.54) is 0 Å². The van der Waals surface area contributed by atoms with Crippen LogP contribution in [0, 0.1) is 0 Å². The van der Waals surface area contributed by atoms with E-state index in [1.807, 2.05) is 24.3 Å². The van der Waals surface area contributed by atoms with Gasteiger partial charge in [0.25, 0.3) is 0 Å². The summed E-state index contributed by atoms with van der Waals surface area (Å²) in [6, 6.07) is 24.5. The Kier molecular flexibility index (Phi) is 3.93. The van der Waals surface area contributed by atoms with Gasteiger partial charge < -0.3 is 9.47 Å². The van der Waals surface area contributed by atoms with Crippen LogP contribution in [0.4, 0.5) is 0 Å². The number of benzene rings is 3. The molecule has 2 atom stereocenters. The van der Waals surface area contributed by atoms with Crippen LogP contribution in [0.3, 0.4) is 0 Å². The summed E-state index contributed by atoms with van der Waals surface area (Å²) < 4.78 is 10.6.